The first kappa shape index (κ1) is 54.2. The second kappa shape index (κ2) is 38.7. The first-order valence-corrected chi connectivity index (χ1v) is 25.0. The summed E-state index contributed by atoms with van der Waals surface area (Å²) in [4.78, 5) is 25.3. The van der Waals surface area contributed by atoms with Gasteiger partial charge in [-0.15, -0.1) is 0 Å². The summed E-state index contributed by atoms with van der Waals surface area (Å²) >= 11 is 0. The summed E-state index contributed by atoms with van der Waals surface area (Å²) < 4.78 is 23.2. The number of rotatable bonds is 43. The maximum atomic E-state index is 12.9. The second-order valence-corrected chi connectivity index (χ2v) is 18.9. The lowest BCUT2D eigenvalue weighted by atomic mass is 10.0. The summed E-state index contributed by atoms with van der Waals surface area (Å²) in [7, 11) is 1.27. The van der Waals surface area contributed by atoms with Gasteiger partial charge in [-0.3, -0.25) is 9.36 Å². The number of allylic oxidation sites excluding steroid dienone is 1. The average Bonchev–Trinajstić information content (AvgIpc) is 3.13. The number of unbranched alkanes of at least 4 members (excludes halogenated alkanes) is 30. The first-order chi connectivity index (χ1) is 26.5. The molecule has 1 amide bonds. The minimum atomic E-state index is -4.58. The van der Waals surface area contributed by atoms with Crippen molar-refractivity contribution < 1.29 is 32.9 Å². The van der Waals surface area contributed by atoms with Gasteiger partial charge in [0.05, 0.1) is 39.9 Å². The third-order valence-electron chi connectivity index (χ3n) is 10.7. The van der Waals surface area contributed by atoms with Crippen LogP contribution in [0.5, 0.6) is 0 Å². The van der Waals surface area contributed by atoms with Gasteiger partial charge in [0, 0.05) is 6.42 Å². The molecule has 0 radical (unpaired) electrons. The highest BCUT2D eigenvalue weighted by Crippen LogP contribution is 2.38. The van der Waals surface area contributed by atoms with Gasteiger partial charge in [-0.25, -0.2) is 0 Å². The van der Waals surface area contributed by atoms with Crippen LogP contribution in [-0.4, -0.2) is 68.5 Å². The maximum absolute atomic E-state index is 12.9. The van der Waals surface area contributed by atoms with Crippen LogP contribution in [0.1, 0.15) is 226 Å². The Balaban J connectivity index is 4.34. The molecule has 0 aliphatic carbocycles. The smallest absolute Gasteiger partial charge is 0.268 e. The van der Waals surface area contributed by atoms with Gasteiger partial charge in [0.1, 0.15) is 13.2 Å². The number of aliphatic hydroxyl groups excluding tert-OH is 1. The number of carbonyl (C=O) groups is 1. The molecule has 0 spiro atoms. The third kappa shape index (κ3) is 41.2. The van der Waals surface area contributed by atoms with Gasteiger partial charge in [-0.05, 0) is 19.3 Å². The second-order valence-electron chi connectivity index (χ2n) is 17.5. The van der Waals surface area contributed by atoms with E-state index < -0.39 is 20.0 Å². The number of phosphoric ester groups is 1. The van der Waals surface area contributed by atoms with E-state index in [1.165, 1.54) is 167 Å². The highest BCUT2D eigenvalue weighted by Gasteiger charge is 2.23. The van der Waals surface area contributed by atoms with Crippen LogP contribution in [0.25, 0.3) is 0 Å². The molecule has 0 bridgehead atoms. The topological polar surface area (TPSA) is 108 Å². The van der Waals surface area contributed by atoms with Crippen molar-refractivity contribution in [3.05, 3.63) is 12.2 Å². The first-order valence-electron chi connectivity index (χ1n) is 23.6. The zero-order valence-corrected chi connectivity index (χ0v) is 38.0. The number of nitrogens with one attached hydrogen (secondary N) is 1. The highest BCUT2D eigenvalue weighted by atomic mass is 31.2. The molecule has 55 heavy (non-hydrogen) atoms. The summed E-state index contributed by atoms with van der Waals surface area (Å²) in [6.45, 7) is 4.67. The van der Waals surface area contributed by atoms with Crippen molar-refractivity contribution in [2.45, 2.75) is 238 Å². The van der Waals surface area contributed by atoms with Gasteiger partial charge < -0.3 is 28.8 Å². The van der Waals surface area contributed by atoms with Gasteiger partial charge in [0.15, 0.2) is 0 Å². The fourth-order valence-corrected chi connectivity index (χ4v) is 7.70. The van der Waals surface area contributed by atoms with E-state index in [9.17, 15) is 19.4 Å². The number of amides is 1. The summed E-state index contributed by atoms with van der Waals surface area (Å²) in [5.41, 5.74) is 0. The Morgan fingerprint density at radius 3 is 1.36 bits per heavy atom. The van der Waals surface area contributed by atoms with E-state index >= 15 is 0 Å². The van der Waals surface area contributed by atoms with Crippen LogP contribution >= 0.6 is 7.82 Å². The van der Waals surface area contributed by atoms with Crippen LogP contribution in [-0.2, 0) is 18.4 Å². The van der Waals surface area contributed by atoms with Gasteiger partial charge in [-0.2, -0.15) is 0 Å². The Bertz CT molecular complexity index is 911. The van der Waals surface area contributed by atoms with Gasteiger partial charge >= 0.3 is 0 Å². The maximum Gasteiger partial charge on any atom is 0.268 e. The average molecular weight is 801 g/mol. The van der Waals surface area contributed by atoms with E-state index in [1.807, 2.05) is 27.2 Å². The van der Waals surface area contributed by atoms with E-state index in [1.54, 1.807) is 6.08 Å². The molecule has 0 saturated carbocycles. The molecule has 0 aromatic heterocycles. The minimum Gasteiger partial charge on any atom is -0.756 e. The monoisotopic (exact) mass is 801 g/mol. The quantitative estimate of drug-likeness (QED) is 0.0275. The molecule has 0 rings (SSSR count). The normalized spacial score (nSPS) is 14.4. The molecular formula is C46H93N2O6P. The number of hydrogen-bond donors (Lipinski definition) is 2. The van der Waals surface area contributed by atoms with Crippen molar-refractivity contribution >= 4 is 13.7 Å². The number of quaternary nitrogens is 1. The standard InChI is InChI=1S/C46H93N2O6P/c1-6-8-10-12-14-16-18-20-22-23-24-26-28-30-32-34-36-38-40-46(50)47-44(43-54-55(51,52)53-42-41-48(3,4)5)45(49)39-37-35-33-31-29-27-25-21-19-17-15-13-11-9-7-2/h37,39,44-45,49H,6-36,38,40-43H2,1-5H3,(H-,47,50,51,52)/b39-37+/t44-,45+/m0/s1. The molecule has 8 nitrogen and oxygen atoms in total. The molecule has 0 aliphatic rings. The molecule has 2 N–H and O–H groups in total. The molecule has 0 aliphatic heterocycles. The predicted molar refractivity (Wildman–Crippen MR) is 233 cm³/mol. The van der Waals surface area contributed by atoms with E-state index in [4.69, 9.17) is 9.05 Å². The summed E-state index contributed by atoms with van der Waals surface area (Å²) in [5.74, 6) is -0.194. The molecular weight excluding hydrogens is 707 g/mol. The fourth-order valence-electron chi connectivity index (χ4n) is 6.98. The summed E-state index contributed by atoms with van der Waals surface area (Å²) in [5, 5.41) is 13.8. The van der Waals surface area contributed by atoms with E-state index in [-0.39, 0.29) is 19.1 Å². The number of carbonyl (C=O) groups excluding carboxylic acids is 1. The van der Waals surface area contributed by atoms with Crippen molar-refractivity contribution in [1.82, 2.24) is 5.32 Å². The fraction of sp³-hybridized carbons (Fsp3) is 0.935. The Morgan fingerprint density at radius 1 is 0.618 bits per heavy atom. The van der Waals surface area contributed by atoms with Crippen molar-refractivity contribution in [2.75, 3.05) is 40.9 Å². The van der Waals surface area contributed by atoms with Gasteiger partial charge in [0.2, 0.25) is 5.91 Å². The van der Waals surface area contributed by atoms with E-state index in [2.05, 4.69) is 19.2 Å². The highest BCUT2D eigenvalue weighted by molar-refractivity contribution is 7.45. The zero-order valence-electron chi connectivity index (χ0n) is 37.1. The Labute approximate surface area is 342 Å². The number of nitrogens with zero attached hydrogens (tertiary/aromatic N) is 1. The van der Waals surface area contributed by atoms with Crippen LogP contribution in [0.2, 0.25) is 0 Å². The zero-order chi connectivity index (χ0) is 40.7. The van der Waals surface area contributed by atoms with Gasteiger partial charge in [-0.1, -0.05) is 212 Å². The van der Waals surface area contributed by atoms with Crippen LogP contribution in [0, 0.1) is 0 Å². The van der Waals surface area contributed by atoms with Crippen LogP contribution in [0.15, 0.2) is 12.2 Å². The lowest BCUT2D eigenvalue weighted by Gasteiger charge is -2.29. The molecule has 0 fully saturated rings. The van der Waals surface area contributed by atoms with Gasteiger partial charge in [0.25, 0.3) is 7.82 Å². The lowest BCUT2D eigenvalue weighted by molar-refractivity contribution is -0.870. The lowest BCUT2D eigenvalue weighted by Crippen LogP contribution is -2.45. The van der Waals surface area contributed by atoms with Crippen LogP contribution in [0.3, 0.4) is 0 Å². The van der Waals surface area contributed by atoms with Crippen molar-refractivity contribution in [2.24, 2.45) is 0 Å². The van der Waals surface area contributed by atoms with Crippen molar-refractivity contribution in [1.29, 1.82) is 0 Å². The van der Waals surface area contributed by atoms with Crippen LogP contribution in [0.4, 0.5) is 0 Å². The summed E-state index contributed by atoms with van der Waals surface area (Å²) in [6.07, 6.45) is 43.9. The number of aliphatic hydroxyl groups is 1. The molecule has 9 heteroatoms. The molecule has 3 atom stereocenters. The molecule has 328 valence electrons. The third-order valence-corrected chi connectivity index (χ3v) is 11.7. The Kier molecular flexibility index (Phi) is 38.2. The molecule has 0 saturated heterocycles. The van der Waals surface area contributed by atoms with Crippen molar-refractivity contribution in [3.8, 4) is 0 Å². The van der Waals surface area contributed by atoms with E-state index in [0.29, 0.717) is 17.4 Å². The number of likely N-dealkylation sites (N-methyl/N-ethyl adjacent to an activating group) is 1. The molecule has 1 unspecified atom stereocenters. The van der Waals surface area contributed by atoms with E-state index in [0.717, 1.165) is 38.5 Å². The Hall–Kier alpha value is -0.760. The predicted octanol–water partition coefficient (Wildman–Crippen LogP) is 12.5. The number of phosphoric acid groups is 1. The minimum absolute atomic E-state index is 0.00222. The Morgan fingerprint density at radius 2 is 0.982 bits per heavy atom. The SMILES string of the molecule is CCCCCCCCCCCCCCC/C=C/[C@@H](O)[C@H](COP(=O)([O-])OCC[N+](C)(C)C)NC(=O)CCCCCCCCCCCCCCCCCCCC. The summed E-state index contributed by atoms with van der Waals surface area (Å²) in [6, 6.07) is -0.879. The molecule has 0 aromatic carbocycles. The van der Waals surface area contributed by atoms with Crippen molar-refractivity contribution in [3.63, 3.8) is 0 Å². The largest absolute Gasteiger partial charge is 0.756 e. The molecule has 0 aromatic rings. The number of hydrogen-bond acceptors (Lipinski definition) is 6. The molecule has 0 heterocycles. The van der Waals surface area contributed by atoms with Crippen LogP contribution < -0.4 is 10.2 Å².